The van der Waals surface area contributed by atoms with Crippen LogP contribution in [0.5, 0.6) is 11.5 Å². The quantitative estimate of drug-likeness (QED) is 0.779. The van der Waals surface area contributed by atoms with Crippen LogP contribution in [0.2, 0.25) is 0 Å². The van der Waals surface area contributed by atoms with Gasteiger partial charge in [0.05, 0.1) is 14.2 Å². The molecule has 0 saturated heterocycles. The second kappa shape index (κ2) is 7.47. The van der Waals surface area contributed by atoms with Gasteiger partial charge < -0.3 is 19.2 Å². The summed E-state index contributed by atoms with van der Waals surface area (Å²) in [6, 6.07) is 9.45. The Balaban J connectivity index is 1.53. The van der Waals surface area contributed by atoms with Crippen molar-refractivity contribution in [3.8, 4) is 11.5 Å². The lowest BCUT2D eigenvalue weighted by atomic mass is 10.2. The fourth-order valence-electron chi connectivity index (χ4n) is 2.77. The third-order valence-electron chi connectivity index (χ3n) is 4.44. The van der Waals surface area contributed by atoms with Gasteiger partial charge in [0, 0.05) is 18.5 Å². The van der Waals surface area contributed by atoms with Crippen molar-refractivity contribution in [3.05, 3.63) is 53.5 Å². The number of nitrogens with one attached hydrogen (secondary N) is 1. The number of methoxy groups -OCH3 is 2. The molecule has 1 fully saturated rings. The second-order valence-corrected chi connectivity index (χ2v) is 6.30. The highest BCUT2D eigenvalue weighted by atomic mass is 16.5. The van der Waals surface area contributed by atoms with E-state index in [1.54, 1.807) is 20.3 Å². The Kier molecular flexibility index (Phi) is 5.12. The van der Waals surface area contributed by atoms with Crippen molar-refractivity contribution in [2.75, 3.05) is 14.2 Å². The van der Waals surface area contributed by atoms with E-state index in [9.17, 15) is 4.79 Å². The number of hydrogen-bond acceptors (Lipinski definition) is 4. The molecule has 2 unspecified atom stereocenters. The summed E-state index contributed by atoms with van der Waals surface area (Å²) in [4.78, 5) is 12.0. The summed E-state index contributed by atoms with van der Waals surface area (Å²) in [5.41, 5.74) is 0.933. The predicted octanol–water partition coefficient (Wildman–Crippen LogP) is 3.75. The van der Waals surface area contributed by atoms with E-state index in [1.165, 1.54) is 12.5 Å². The zero-order valence-corrected chi connectivity index (χ0v) is 14.7. The molecule has 1 aromatic carbocycles. The fourth-order valence-corrected chi connectivity index (χ4v) is 2.77. The number of hydrogen-bond donors (Lipinski definition) is 1. The van der Waals surface area contributed by atoms with Crippen LogP contribution in [0.3, 0.4) is 0 Å². The normalized spacial score (nSPS) is 19.0. The Morgan fingerprint density at radius 3 is 2.68 bits per heavy atom. The van der Waals surface area contributed by atoms with Crippen LogP contribution in [0, 0.1) is 5.92 Å². The van der Waals surface area contributed by atoms with E-state index in [2.05, 4.69) is 12.2 Å². The Morgan fingerprint density at radius 1 is 1.24 bits per heavy atom. The number of benzene rings is 1. The molecule has 1 heterocycles. The van der Waals surface area contributed by atoms with Gasteiger partial charge in [-0.1, -0.05) is 13.0 Å². The van der Waals surface area contributed by atoms with Crippen molar-refractivity contribution in [2.45, 2.75) is 25.8 Å². The number of carbonyl (C=O) groups is 1. The van der Waals surface area contributed by atoms with Gasteiger partial charge >= 0.3 is 0 Å². The Hall–Kier alpha value is -2.69. The maximum atomic E-state index is 12.0. The van der Waals surface area contributed by atoms with Crippen LogP contribution in [-0.4, -0.2) is 20.1 Å². The second-order valence-electron chi connectivity index (χ2n) is 6.30. The van der Waals surface area contributed by atoms with Crippen molar-refractivity contribution >= 4 is 12.0 Å². The maximum Gasteiger partial charge on any atom is 0.244 e. The summed E-state index contributed by atoms with van der Waals surface area (Å²) in [5, 5.41) is 2.84. The molecule has 0 spiro atoms. The molecule has 0 aliphatic heterocycles. The van der Waals surface area contributed by atoms with Crippen LogP contribution in [-0.2, 0) is 11.3 Å². The van der Waals surface area contributed by atoms with Crippen molar-refractivity contribution < 1.29 is 18.7 Å². The molecule has 0 bridgehead atoms. The minimum atomic E-state index is -0.174. The first-order valence-corrected chi connectivity index (χ1v) is 8.37. The smallest absolute Gasteiger partial charge is 0.244 e. The summed E-state index contributed by atoms with van der Waals surface area (Å²) in [6.45, 7) is 2.62. The van der Waals surface area contributed by atoms with E-state index in [-0.39, 0.29) is 5.91 Å². The Morgan fingerprint density at radius 2 is 2.00 bits per heavy atom. The van der Waals surface area contributed by atoms with Crippen molar-refractivity contribution in [3.63, 3.8) is 0 Å². The molecule has 2 aromatic rings. The summed E-state index contributed by atoms with van der Waals surface area (Å²) < 4.78 is 16.2. The number of amides is 1. The molecule has 5 nitrogen and oxygen atoms in total. The van der Waals surface area contributed by atoms with Gasteiger partial charge in [-0.25, -0.2) is 0 Å². The Bertz CT molecular complexity index is 778. The zero-order valence-electron chi connectivity index (χ0n) is 14.7. The summed E-state index contributed by atoms with van der Waals surface area (Å²) in [5.74, 6) is 4.09. The molecular weight excluding hydrogens is 318 g/mol. The largest absolute Gasteiger partial charge is 0.493 e. The third kappa shape index (κ3) is 4.24. The summed E-state index contributed by atoms with van der Waals surface area (Å²) in [6.07, 6.45) is 4.36. The first-order chi connectivity index (χ1) is 12.1. The van der Waals surface area contributed by atoms with Gasteiger partial charge in [-0.15, -0.1) is 0 Å². The number of furan rings is 1. The minimum absolute atomic E-state index is 0.174. The van der Waals surface area contributed by atoms with Gasteiger partial charge in [0.1, 0.15) is 11.5 Å². The lowest BCUT2D eigenvalue weighted by Gasteiger charge is -2.09. The molecular formula is C20H23NO4. The van der Waals surface area contributed by atoms with Crippen LogP contribution in [0.1, 0.15) is 36.3 Å². The van der Waals surface area contributed by atoms with E-state index in [4.69, 9.17) is 13.9 Å². The van der Waals surface area contributed by atoms with E-state index in [1.807, 2.05) is 30.3 Å². The van der Waals surface area contributed by atoms with Crippen LogP contribution in [0.15, 0.2) is 40.8 Å². The molecule has 3 rings (SSSR count). The fraction of sp³-hybridized carbons (Fsp3) is 0.350. The standard InChI is InChI=1S/C20H23NO4/c1-13-10-16(13)17-8-5-15(25-17)6-9-20(22)21-12-14-4-7-18(23-2)19(11-14)24-3/h4-9,11,13,16H,10,12H2,1-3H3,(H,21,22)/b9-6+. The highest BCUT2D eigenvalue weighted by Crippen LogP contribution is 2.47. The molecule has 1 aliphatic rings. The molecule has 1 aromatic heterocycles. The van der Waals surface area contributed by atoms with Crippen LogP contribution >= 0.6 is 0 Å². The van der Waals surface area contributed by atoms with E-state index in [0.29, 0.717) is 35.6 Å². The average Bonchev–Trinajstić information content (AvgIpc) is 3.18. The topological polar surface area (TPSA) is 60.7 Å². The number of ether oxygens (including phenoxy) is 2. The van der Waals surface area contributed by atoms with Crippen LogP contribution in [0.25, 0.3) is 6.08 Å². The first-order valence-electron chi connectivity index (χ1n) is 8.37. The number of carbonyl (C=O) groups excluding carboxylic acids is 1. The SMILES string of the molecule is COc1ccc(CNC(=O)/C=C/c2ccc(C3CC3C)o2)cc1OC. The molecule has 0 radical (unpaired) electrons. The summed E-state index contributed by atoms with van der Waals surface area (Å²) in [7, 11) is 3.18. The van der Waals surface area contributed by atoms with E-state index >= 15 is 0 Å². The highest BCUT2D eigenvalue weighted by Gasteiger charge is 2.36. The van der Waals surface area contributed by atoms with Gasteiger partial charge in [0.25, 0.3) is 0 Å². The predicted molar refractivity (Wildman–Crippen MR) is 95.7 cm³/mol. The van der Waals surface area contributed by atoms with E-state index < -0.39 is 0 Å². The van der Waals surface area contributed by atoms with Crippen LogP contribution < -0.4 is 14.8 Å². The van der Waals surface area contributed by atoms with Gasteiger partial charge in [-0.3, -0.25) is 4.79 Å². The van der Waals surface area contributed by atoms with Crippen molar-refractivity contribution in [1.29, 1.82) is 0 Å². The van der Waals surface area contributed by atoms with E-state index in [0.717, 1.165) is 11.3 Å². The number of rotatable bonds is 7. The van der Waals surface area contributed by atoms with Gasteiger partial charge in [0.2, 0.25) is 5.91 Å². The first kappa shape index (κ1) is 17.1. The van der Waals surface area contributed by atoms with Gasteiger partial charge in [-0.2, -0.15) is 0 Å². The summed E-state index contributed by atoms with van der Waals surface area (Å²) >= 11 is 0. The van der Waals surface area contributed by atoms with Gasteiger partial charge in [-0.05, 0) is 48.2 Å². The lowest BCUT2D eigenvalue weighted by Crippen LogP contribution is -2.20. The third-order valence-corrected chi connectivity index (χ3v) is 4.44. The molecule has 5 heteroatoms. The Labute approximate surface area is 147 Å². The molecule has 132 valence electrons. The molecule has 2 atom stereocenters. The maximum absolute atomic E-state index is 12.0. The molecule has 1 saturated carbocycles. The minimum Gasteiger partial charge on any atom is -0.493 e. The molecule has 25 heavy (non-hydrogen) atoms. The van der Waals surface area contributed by atoms with Crippen LogP contribution in [0.4, 0.5) is 0 Å². The highest BCUT2D eigenvalue weighted by molar-refractivity contribution is 5.91. The molecule has 1 amide bonds. The monoisotopic (exact) mass is 341 g/mol. The average molecular weight is 341 g/mol. The molecule has 1 N–H and O–H groups in total. The van der Waals surface area contributed by atoms with Crippen molar-refractivity contribution in [2.24, 2.45) is 5.92 Å². The molecule has 1 aliphatic carbocycles. The van der Waals surface area contributed by atoms with Crippen molar-refractivity contribution in [1.82, 2.24) is 5.32 Å². The van der Waals surface area contributed by atoms with Gasteiger partial charge in [0.15, 0.2) is 11.5 Å². The lowest BCUT2D eigenvalue weighted by molar-refractivity contribution is -0.116. The zero-order chi connectivity index (χ0) is 17.8.